The Balaban J connectivity index is 1.46. The molecule has 290 valence electrons. The number of rotatable bonds is 7. The van der Waals surface area contributed by atoms with Crippen LogP contribution in [-0.2, 0) is 15.6 Å². The molecule has 4 aromatic carbocycles. The summed E-state index contributed by atoms with van der Waals surface area (Å²) >= 11 is 0. The van der Waals surface area contributed by atoms with Crippen LogP contribution in [-0.4, -0.2) is 46.9 Å². The van der Waals surface area contributed by atoms with Gasteiger partial charge in [0.25, 0.3) is 11.8 Å². The first-order valence-electron chi connectivity index (χ1n) is 19.8. The molecule has 0 spiro atoms. The van der Waals surface area contributed by atoms with Gasteiger partial charge in [-0.25, -0.2) is 4.58 Å². The quantitative estimate of drug-likeness (QED) is 0.166. The Morgan fingerprint density at radius 1 is 0.732 bits per heavy atom. The van der Waals surface area contributed by atoms with Crippen molar-refractivity contribution < 1.29 is 19.5 Å². The van der Waals surface area contributed by atoms with Crippen molar-refractivity contribution in [1.82, 2.24) is 4.58 Å². The molecule has 8 heteroatoms. The summed E-state index contributed by atoms with van der Waals surface area (Å²) in [6, 6.07) is 23.2. The number of aliphatic hydroxyl groups is 1. The lowest BCUT2D eigenvalue weighted by Crippen LogP contribution is -2.42. The number of carbonyl (C=O) groups is 3. The zero-order chi connectivity index (χ0) is 40.8. The Bertz CT molecular complexity index is 2490. The summed E-state index contributed by atoms with van der Waals surface area (Å²) < 4.78 is 2.35. The minimum absolute atomic E-state index is 0.137. The van der Waals surface area contributed by atoms with Gasteiger partial charge in [-0.3, -0.25) is 14.4 Å². The molecule has 4 aromatic rings. The molecule has 2 amide bonds. The van der Waals surface area contributed by atoms with Crippen LogP contribution < -0.4 is 30.7 Å². The number of aliphatic hydroxyl groups excluding tert-OH is 1. The van der Waals surface area contributed by atoms with E-state index in [1.54, 1.807) is 24.3 Å². The highest BCUT2D eigenvalue weighted by atomic mass is 16.3. The molecule has 1 aliphatic carbocycles. The molecule has 0 aromatic heterocycles. The van der Waals surface area contributed by atoms with Crippen molar-refractivity contribution >= 4 is 45.8 Å². The second kappa shape index (κ2) is 13.6. The molecular weight excluding hydrogens is 697 g/mol. The van der Waals surface area contributed by atoms with Crippen LogP contribution in [0, 0.1) is 13.8 Å². The molecule has 3 N–H and O–H groups in total. The summed E-state index contributed by atoms with van der Waals surface area (Å²) in [4.78, 5) is 44.7. The van der Waals surface area contributed by atoms with Gasteiger partial charge in [-0.2, -0.15) is 0 Å². The number of anilines is 3. The maximum absolute atomic E-state index is 14.8. The fraction of sp³-hybridized carbons (Fsp3) is 0.375. The molecule has 0 fully saturated rings. The predicted octanol–water partition coefficient (Wildman–Crippen LogP) is 7.98. The molecule has 0 saturated carbocycles. The Labute approximate surface area is 330 Å². The number of fused-ring (bicyclic) bond motifs is 2. The van der Waals surface area contributed by atoms with Gasteiger partial charge in [0, 0.05) is 56.7 Å². The number of benzene rings is 4. The Morgan fingerprint density at radius 2 is 1.27 bits per heavy atom. The largest absolute Gasteiger partial charge is 0.506 e. The van der Waals surface area contributed by atoms with Crippen molar-refractivity contribution in [3.8, 4) is 0 Å². The first-order chi connectivity index (χ1) is 26.2. The third kappa shape index (κ3) is 6.05. The highest BCUT2D eigenvalue weighted by molar-refractivity contribution is 6.52. The van der Waals surface area contributed by atoms with Gasteiger partial charge in [0.2, 0.25) is 11.1 Å². The van der Waals surface area contributed by atoms with Crippen molar-refractivity contribution in [1.29, 1.82) is 0 Å². The summed E-state index contributed by atoms with van der Waals surface area (Å²) in [6.07, 6.45) is 0. The number of amides is 2. The lowest BCUT2D eigenvalue weighted by molar-refractivity contribution is -0.109. The first-order valence-corrected chi connectivity index (χ1v) is 19.8. The van der Waals surface area contributed by atoms with Gasteiger partial charge in [-0.1, -0.05) is 49.2 Å². The molecule has 0 bridgehead atoms. The number of ketones is 1. The predicted molar refractivity (Wildman–Crippen MR) is 227 cm³/mol. The number of aryl methyl sites for hydroxylation is 2. The smallest absolute Gasteiger partial charge is 0.255 e. The minimum Gasteiger partial charge on any atom is -0.506 e. The maximum atomic E-state index is 14.8. The van der Waals surface area contributed by atoms with Gasteiger partial charge in [-0.15, -0.1) is 0 Å². The average Bonchev–Trinajstić information content (AvgIpc) is 3.45. The third-order valence-corrected chi connectivity index (χ3v) is 12.8. The molecular formula is C48H55N4O4+. The second-order valence-electron chi connectivity index (χ2n) is 17.7. The van der Waals surface area contributed by atoms with Crippen LogP contribution in [0.3, 0.4) is 0 Å². The Kier molecular flexibility index (Phi) is 9.42. The average molecular weight is 752 g/mol. The summed E-state index contributed by atoms with van der Waals surface area (Å²) in [5, 5.41) is 19.9. The van der Waals surface area contributed by atoms with Crippen LogP contribution in [0.5, 0.6) is 0 Å². The lowest BCUT2D eigenvalue weighted by atomic mass is 9.76. The maximum Gasteiger partial charge on any atom is 0.255 e. The van der Waals surface area contributed by atoms with E-state index in [1.165, 1.54) is 0 Å². The van der Waals surface area contributed by atoms with Gasteiger partial charge in [0.05, 0.1) is 27.9 Å². The fourth-order valence-electron chi connectivity index (χ4n) is 8.97. The van der Waals surface area contributed by atoms with Crippen molar-refractivity contribution in [3.05, 3.63) is 128 Å². The van der Waals surface area contributed by atoms with E-state index in [2.05, 4.69) is 89.3 Å². The minimum atomic E-state index is -0.354. The van der Waals surface area contributed by atoms with E-state index in [9.17, 15) is 19.5 Å². The first kappa shape index (κ1) is 38.8. The molecule has 7 rings (SSSR count). The number of allylic oxidation sites excluding steroid dienone is 2. The van der Waals surface area contributed by atoms with Gasteiger partial charge in [0.15, 0.2) is 6.04 Å². The van der Waals surface area contributed by atoms with Gasteiger partial charge in [0.1, 0.15) is 11.8 Å². The third-order valence-electron chi connectivity index (χ3n) is 12.8. The number of nitrogens with zero attached hydrogens (tertiary/aromatic N) is 2. The highest BCUT2D eigenvalue weighted by Gasteiger charge is 2.48. The van der Waals surface area contributed by atoms with Crippen LogP contribution in [0.25, 0.3) is 11.1 Å². The van der Waals surface area contributed by atoms with Crippen LogP contribution >= 0.6 is 0 Å². The van der Waals surface area contributed by atoms with Gasteiger partial charge >= 0.3 is 0 Å². The number of nitrogens with one attached hydrogen (secondary N) is 2. The molecule has 3 aliphatic rings. The molecule has 56 heavy (non-hydrogen) atoms. The standard InChI is InChI=1S/C48H54N4O4/c1-25(2)51-29(7)47(9,10)35-21-33(37(23-39(35)51)49-45(55)31-17-13-27(5)14-18-31)41-43(53)42(44(41)54)34-22-36-40(52(26(3)4)30(8)48(36,11)12)24-38(34)50-46(56)32-19-15-28(6)16-20-32/h13-26,29-30H,1-12H3,(H2,49,50,53,54,55,56)/p+1. The summed E-state index contributed by atoms with van der Waals surface area (Å²) in [5.74, 6) is -1.14. The van der Waals surface area contributed by atoms with Crippen molar-refractivity contribution in [2.75, 3.05) is 15.5 Å². The molecule has 0 saturated heterocycles. The van der Waals surface area contributed by atoms with Crippen molar-refractivity contribution in [2.45, 2.75) is 118 Å². The highest BCUT2D eigenvalue weighted by Crippen LogP contribution is 2.51. The Hall–Kier alpha value is -5.50. The van der Waals surface area contributed by atoms with E-state index in [0.717, 1.165) is 33.3 Å². The Morgan fingerprint density at radius 3 is 1.77 bits per heavy atom. The molecule has 2 unspecified atom stereocenters. The molecule has 2 atom stereocenters. The van der Waals surface area contributed by atoms with Crippen LogP contribution in [0.4, 0.5) is 17.1 Å². The number of Topliss-reactive ketones (excluding diaryl/α,β-unsaturated/α-hetero) is 1. The number of carbonyl (C=O) groups excluding carboxylic acids is 3. The summed E-state index contributed by atoms with van der Waals surface area (Å²) in [5.41, 5.74) is 7.18. The lowest BCUT2D eigenvalue weighted by Gasteiger charge is -2.34. The van der Waals surface area contributed by atoms with Crippen LogP contribution in [0.15, 0.2) is 78.6 Å². The van der Waals surface area contributed by atoms with Crippen LogP contribution in [0.2, 0.25) is 0 Å². The topological polar surface area (TPSA) is 102 Å². The van der Waals surface area contributed by atoms with Gasteiger partial charge in [-0.05, 0) is 117 Å². The monoisotopic (exact) mass is 751 g/mol. The number of hydrogen-bond donors (Lipinski definition) is 3. The van der Waals surface area contributed by atoms with E-state index in [-0.39, 0.29) is 69.5 Å². The second-order valence-corrected chi connectivity index (χ2v) is 17.7. The van der Waals surface area contributed by atoms with E-state index in [1.807, 2.05) is 62.4 Å². The fourth-order valence-corrected chi connectivity index (χ4v) is 8.97. The summed E-state index contributed by atoms with van der Waals surface area (Å²) in [7, 11) is 0. The van der Waals surface area contributed by atoms with Gasteiger partial charge < -0.3 is 20.6 Å². The molecule has 2 heterocycles. The molecule has 8 nitrogen and oxygen atoms in total. The zero-order valence-electron chi connectivity index (χ0n) is 34.8. The van der Waals surface area contributed by atoms with E-state index >= 15 is 0 Å². The van der Waals surface area contributed by atoms with Crippen molar-refractivity contribution in [3.63, 3.8) is 0 Å². The summed E-state index contributed by atoms with van der Waals surface area (Å²) in [6.45, 7) is 25.7. The zero-order valence-corrected chi connectivity index (χ0v) is 34.8. The van der Waals surface area contributed by atoms with E-state index in [0.29, 0.717) is 33.3 Å². The van der Waals surface area contributed by atoms with E-state index < -0.39 is 0 Å². The number of hydrogen-bond acceptors (Lipinski definition) is 5. The molecule has 0 radical (unpaired) electrons. The van der Waals surface area contributed by atoms with Crippen molar-refractivity contribution in [2.24, 2.45) is 0 Å². The van der Waals surface area contributed by atoms with E-state index in [4.69, 9.17) is 0 Å². The molecule has 2 aliphatic heterocycles. The van der Waals surface area contributed by atoms with Crippen LogP contribution in [0.1, 0.15) is 118 Å². The SMILES string of the molecule is Cc1ccc(C(=O)Nc2cc3c(cc2C2=C(O)/C(=c4\cc5c(cc4NC(=O)c4ccc(C)cc4)=[N+](C(C)C)C(C)C5(C)C)C2=O)C(C)(C)C(C)N3C(C)C)cc1. The normalized spacial score (nSPS) is 20.4.